The number of nitrogens with two attached hydrogens (primary N) is 1. The summed E-state index contributed by atoms with van der Waals surface area (Å²) in [6.45, 7) is 4.63. The Labute approximate surface area is 102 Å². The molecule has 94 valence electrons. The molecule has 1 aromatic heterocycles. The number of aromatic nitrogens is 2. The van der Waals surface area contributed by atoms with Crippen LogP contribution >= 0.6 is 0 Å². The second-order valence-electron chi connectivity index (χ2n) is 3.74. The highest BCUT2D eigenvalue weighted by Gasteiger charge is 2.20. The molecule has 1 heterocycles. The third-order valence-electron chi connectivity index (χ3n) is 2.32. The molecular formula is C12H19N3O2. The molecule has 0 bridgehead atoms. The van der Waals surface area contributed by atoms with Gasteiger partial charge in [0.15, 0.2) is 0 Å². The van der Waals surface area contributed by atoms with Crippen LogP contribution < -0.4 is 5.73 Å². The third kappa shape index (κ3) is 3.84. The topological polar surface area (TPSA) is 74.2 Å². The Kier molecular flexibility index (Phi) is 5.67. The van der Waals surface area contributed by atoms with Crippen molar-refractivity contribution in [2.75, 3.05) is 6.61 Å². The number of ether oxygens (including phenoxy) is 1. The molecule has 0 amide bonds. The third-order valence-corrected chi connectivity index (χ3v) is 2.32. The van der Waals surface area contributed by atoms with E-state index in [4.69, 9.17) is 21.4 Å². The van der Waals surface area contributed by atoms with Crippen molar-refractivity contribution in [3.8, 4) is 12.3 Å². The fourth-order valence-corrected chi connectivity index (χ4v) is 1.49. The molecule has 0 aliphatic rings. The van der Waals surface area contributed by atoms with Crippen molar-refractivity contribution in [1.82, 2.24) is 10.1 Å². The first-order chi connectivity index (χ1) is 8.22. The summed E-state index contributed by atoms with van der Waals surface area (Å²) >= 11 is 0. The molecule has 0 aliphatic heterocycles. The normalized spacial score (nSPS) is 14.2. The number of nitrogens with zero attached hydrogens (tertiary/aromatic N) is 2. The zero-order valence-electron chi connectivity index (χ0n) is 10.3. The highest BCUT2D eigenvalue weighted by Crippen LogP contribution is 2.21. The first kappa shape index (κ1) is 13.7. The summed E-state index contributed by atoms with van der Waals surface area (Å²) < 4.78 is 10.6. The molecule has 0 radical (unpaired) electrons. The van der Waals surface area contributed by atoms with E-state index in [1.165, 1.54) is 0 Å². The Morgan fingerprint density at radius 3 is 2.88 bits per heavy atom. The van der Waals surface area contributed by atoms with Crippen LogP contribution in [0.5, 0.6) is 0 Å². The lowest BCUT2D eigenvalue weighted by Crippen LogP contribution is -2.11. The maximum absolute atomic E-state index is 5.79. The van der Waals surface area contributed by atoms with Crippen molar-refractivity contribution in [2.45, 2.75) is 45.3 Å². The van der Waals surface area contributed by atoms with Crippen molar-refractivity contribution in [2.24, 2.45) is 5.73 Å². The molecule has 2 N–H and O–H groups in total. The largest absolute Gasteiger partial charge is 0.370 e. The number of rotatable bonds is 7. The van der Waals surface area contributed by atoms with E-state index in [9.17, 15) is 0 Å². The van der Waals surface area contributed by atoms with Gasteiger partial charge in [0, 0.05) is 13.0 Å². The van der Waals surface area contributed by atoms with Gasteiger partial charge in [-0.2, -0.15) is 4.98 Å². The van der Waals surface area contributed by atoms with Gasteiger partial charge in [-0.05, 0) is 13.3 Å². The van der Waals surface area contributed by atoms with E-state index in [-0.39, 0.29) is 6.10 Å². The lowest BCUT2D eigenvalue weighted by molar-refractivity contribution is 0.0477. The zero-order valence-corrected chi connectivity index (χ0v) is 10.3. The molecule has 1 aromatic rings. The number of terminal acetylenes is 1. The monoisotopic (exact) mass is 237 g/mol. The van der Waals surface area contributed by atoms with E-state index in [1.807, 2.05) is 6.92 Å². The Hall–Kier alpha value is -1.38. The lowest BCUT2D eigenvalue weighted by Gasteiger charge is -2.11. The SMILES string of the molecule is C#CCC(N)c1nc(C(CCC)OCC)no1. The van der Waals surface area contributed by atoms with Crippen LogP contribution in [0.2, 0.25) is 0 Å². The van der Waals surface area contributed by atoms with Crippen LogP contribution in [0.3, 0.4) is 0 Å². The molecule has 5 heteroatoms. The minimum absolute atomic E-state index is 0.125. The molecule has 0 aliphatic carbocycles. The van der Waals surface area contributed by atoms with Gasteiger partial charge in [-0.3, -0.25) is 0 Å². The predicted octanol–water partition coefficient (Wildman–Crippen LogP) is 1.97. The lowest BCUT2D eigenvalue weighted by atomic mass is 10.2. The Morgan fingerprint density at radius 1 is 1.53 bits per heavy atom. The van der Waals surface area contributed by atoms with Gasteiger partial charge in [-0.25, -0.2) is 0 Å². The molecule has 0 spiro atoms. The molecule has 2 atom stereocenters. The zero-order chi connectivity index (χ0) is 12.7. The predicted molar refractivity (Wildman–Crippen MR) is 64.0 cm³/mol. The molecule has 2 unspecified atom stereocenters. The first-order valence-electron chi connectivity index (χ1n) is 5.87. The fourth-order valence-electron chi connectivity index (χ4n) is 1.49. The molecule has 0 saturated carbocycles. The first-order valence-corrected chi connectivity index (χ1v) is 5.87. The summed E-state index contributed by atoms with van der Waals surface area (Å²) in [5.74, 6) is 3.40. The van der Waals surface area contributed by atoms with Gasteiger partial charge in [-0.1, -0.05) is 18.5 Å². The molecule has 0 saturated heterocycles. The fraction of sp³-hybridized carbons (Fsp3) is 0.667. The van der Waals surface area contributed by atoms with Gasteiger partial charge >= 0.3 is 0 Å². The van der Waals surface area contributed by atoms with Crippen LogP contribution in [0.25, 0.3) is 0 Å². The summed E-state index contributed by atoms with van der Waals surface area (Å²) in [4.78, 5) is 4.24. The quantitative estimate of drug-likeness (QED) is 0.734. The maximum atomic E-state index is 5.79. The Balaban J connectivity index is 2.73. The molecular weight excluding hydrogens is 218 g/mol. The van der Waals surface area contributed by atoms with Gasteiger partial charge in [0.25, 0.3) is 0 Å². The molecule has 5 nitrogen and oxygen atoms in total. The summed E-state index contributed by atoms with van der Waals surface area (Å²) in [5.41, 5.74) is 5.79. The van der Waals surface area contributed by atoms with Crippen LogP contribution in [-0.2, 0) is 4.74 Å². The van der Waals surface area contributed by atoms with E-state index in [0.717, 1.165) is 12.8 Å². The highest BCUT2D eigenvalue weighted by molar-refractivity contribution is 4.99. The van der Waals surface area contributed by atoms with Crippen molar-refractivity contribution in [3.63, 3.8) is 0 Å². The van der Waals surface area contributed by atoms with E-state index in [0.29, 0.717) is 24.7 Å². The van der Waals surface area contributed by atoms with Crippen LogP contribution in [0.4, 0.5) is 0 Å². The average Bonchev–Trinajstić information content (AvgIpc) is 2.78. The molecule has 1 rings (SSSR count). The van der Waals surface area contributed by atoms with Gasteiger partial charge in [0.2, 0.25) is 11.7 Å². The van der Waals surface area contributed by atoms with Crippen molar-refractivity contribution in [1.29, 1.82) is 0 Å². The summed E-state index contributed by atoms with van der Waals surface area (Å²) in [6.07, 6.45) is 7.29. The highest BCUT2D eigenvalue weighted by atomic mass is 16.5. The van der Waals surface area contributed by atoms with E-state index in [2.05, 4.69) is 23.0 Å². The van der Waals surface area contributed by atoms with Crippen LogP contribution in [0.15, 0.2) is 4.52 Å². The van der Waals surface area contributed by atoms with E-state index < -0.39 is 6.04 Å². The molecule has 0 aromatic carbocycles. The smallest absolute Gasteiger partial charge is 0.244 e. The minimum atomic E-state index is -0.398. The summed E-state index contributed by atoms with van der Waals surface area (Å²) in [5, 5.41) is 3.90. The number of hydrogen-bond acceptors (Lipinski definition) is 5. The van der Waals surface area contributed by atoms with E-state index in [1.54, 1.807) is 0 Å². The van der Waals surface area contributed by atoms with Crippen molar-refractivity contribution in [3.05, 3.63) is 11.7 Å². The summed E-state index contributed by atoms with van der Waals surface area (Å²) in [6, 6.07) is -0.398. The number of hydrogen-bond donors (Lipinski definition) is 1. The van der Waals surface area contributed by atoms with Gasteiger partial charge in [0.1, 0.15) is 6.10 Å². The van der Waals surface area contributed by atoms with Crippen molar-refractivity contribution >= 4 is 0 Å². The molecule has 0 fully saturated rings. The van der Waals surface area contributed by atoms with Gasteiger partial charge in [-0.15, -0.1) is 12.3 Å². The van der Waals surface area contributed by atoms with Crippen LogP contribution in [0.1, 0.15) is 57.0 Å². The maximum Gasteiger partial charge on any atom is 0.244 e. The summed E-state index contributed by atoms with van der Waals surface area (Å²) in [7, 11) is 0. The van der Waals surface area contributed by atoms with E-state index >= 15 is 0 Å². The van der Waals surface area contributed by atoms with Gasteiger partial charge < -0.3 is 15.0 Å². The van der Waals surface area contributed by atoms with Crippen LogP contribution in [0, 0.1) is 12.3 Å². The van der Waals surface area contributed by atoms with Gasteiger partial charge in [0.05, 0.1) is 6.04 Å². The Morgan fingerprint density at radius 2 is 2.29 bits per heavy atom. The standard InChI is InChI=1S/C12H19N3O2/c1-4-7-9(13)12-14-11(15-17-12)10(8-5-2)16-6-3/h1,9-10H,5-8,13H2,2-3H3. The van der Waals surface area contributed by atoms with Crippen molar-refractivity contribution < 1.29 is 9.26 Å². The Bertz CT molecular complexity index is 364. The van der Waals surface area contributed by atoms with Crippen LogP contribution in [-0.4, -0.2) is 16.7 Å². The second kappa shape index (κ2) is 7.05. The second-order valence-corrected chi connectivity index (χ2v) is 3.74. The molecule has 17 heavy (non-hydrogen) atoms. The average molecular weight is 237 g/mol. The minimum Gasteiger partial charge on any atom is -0.370 e.